The summed E-state index contributed by atoms with van der Waals surface area (Å²) in [6, 6.07) is 24.4. The van der Waals surface area contributed by atoms with Crippen molar-refractivity contribution in [1.82, 2.24) is 0 Å². The normalized spacial score (nSPS) is 11.8. The first-order valence-corrected chi connectivity index (χ1v) is 6.95. The van der Waals surface area contributed by atoms with Crippen LogP contribution in [-0.2, 0) is 6.42 Å². The van der Waals surface area contributed by atoms with E-state index in [-0.39, 0.29) is 0 Å². The number of benzene rings is 3. The van der Waals surface area contributed by atoms with Crippen LogP contribution in [0.25, 0.3) is 10.8 Å². The number of hydrogen-bond acceptors (Lipinski definition) is 1. The second kappa shape index (κ2) is 5.89. The van der Waals surface area contributed by atoms with Crippen molar-refractivity contribution in [1.29, 1.82) is 0 Å². The Morgan fingerprint density at radius 1 is 0.800 bits per heavy atom. The van der Waals surface area contributed by atoms with Crippen LogP contribution in [0.2, 0.25) is 0 Å². The average molecular weight is 280 g/mol. The number of para-hydroxylation sites is 1. The molecule has 0 aromatic heterocycles. The minimum absolute atomic E-state index is 0.604. The van der Waals surface area contributed by atoms with Gasteiger partial charge in [0.25, 0.3) is 0 Å². The molecule has 0 spiro atoms. The SMILES string of the molecule is ClC(Cc1cccc2ccccc12)=Nc1ccccc1. The smallest absolute Gasteiger partial charge is 0.111 e. The summed E-state index contributed by atoms with van der Waals surface area (Å²) in [6.07, 6.45) is 0.651. The highest BCUT2D eigenvalue weighted by atomic mass is 35.5. The summed E-state index contributed by atoms with van der Waals surface area (Å²) in [5.41, 5.74) is 2.09. The molecule has 1 nitrogen and oxygen atoms in total. The predicted octanol–water partition coefficient (Wildman–Crippen LogP) is 5.35. The van der Waals surface area contributed by atoms with Crippen molar-refractivity contribution >= 4 is 33.2 Å². The highest BCUT2D eigenvalue weighted by molar-refractivity contribution is 6.66. The first kappa shape index (κ1) is 12.9. The van der Waals surface area contributed by atoms with Crippen molar-refractivity contribution in [2.45, 2.75) is 6.42 Å². The van der Waals surface area contributed by atoms with Gasteiger partial charge in [-0.25, -0.2) is 4.99 Å². The standard InChI is InChI=1S/C18H14ClN/c19-18(20-16-10-2-1-3-11-16)13-15-9-6-8-14-7-4-5-12-17(14)15/h1-12H,13H2. The van der Waals surface area contributed by atoms with Gasteiger partial charge in [0, 0.05) is 6.42 Å². The molecule has 0 saturated heterocycles. The molecule has 0 unspecified atom stereocenters. The summed E-state index contributed by atoms with van der Waals surface area (Å²) in [5, 5.41) is 3.07. The van der Waals surface area contributed by atoms with Crippen molar-refractivity contribution < 1.29 is 0 Å². The van der Waals surface area contributed by atoms with Gasteiger partial charge in [0.15, 0.2) is 0 Å². The number of fused-ring (bicyclic) bond motifs is 1. The largest absolute Gasteiger partial charge is 0.241 e. The van der Waals surface area contributed by atoms with E-state index in [2.05, 4.69) is 35.3 Å². The lowest BCUT2D eigenvalue weighted by molar-refractivity contribution is 1.36. The van der Waals surface area contributed by atoms with Gasteiger partial charge in [-0.15, -0.1) is 0 Å². The van der Waals surface area contributed by atoms with Gasteiger partial charge < -0.3 is 0 Å². The maximum Gasteiger partial charge on any atom is 0.111 e. The summed E-state index contributed by atoms with van der Waals surface area (Å²) in [7, 11) is 0. The molecule has 0 aliphatic heterocycles. The lowest BCUT2D eigenvalue weighted by Gasteiger charge is -2.05. The maximum atomic E-state index is 6.30. The Hall–Kier alpha value is -2.12. The monoisotopic (exact) mass is 279 g/mol. The van der Waals surface area contributed by atoms with Crippen molar-refractivity contribution in [3.05, 3.63) is 78.4 Å². The molecule has 0 aliphatic rings. The van der Waals surface area contributed by atoms with Crippen LogP contribution < -0.4 is 0 Å². The van der Waals surface area contributed by atoms with E-state index in [9.17, 15) is 0 Å². The van der Waals surface area contributed by atoms with Gasteiger partial charge in [-0.3, -0.25) is 0 Å². The van der Waals surface area contributed by atoms with Crippen LogP contribution in [0.5, 0.6) is 0 Å². The molecule has 2 heteroatoms. The van der Waals surface area contributed by atoms with E-state index in [1.165, 1.54) is 16.3 Å². The van der Waals surface area contributed by atoms with Crippen LogP contribution in [0.15, 0.2) is 77.8 Å². The Morgan fingerprint density at radius 2 is 1.50 bits per heavy atom. The molecule has 0 N–H and O–H groups in total. The van der Waals surface area contributed by atoms with Crippen molar-refractivity contribution in [2.24, 2.45) is 4.99 Å². The van der Waals surface area contributed by atoms with E-state index in [1.54, 1.807) is 0 Å². The quantitative estimate of drug-likeness (QED) is 0.573. The van der Waals surface area contributed by atoms with Gasteiger partial charge >= 0.3 is 0 Å². The van der Waals surface area contributed by atoms with Gasteiger partial charge in [-0.1, -0.05) is 72.3 Å². The zero-order valence-electron chi connectivity index (χ0n) is 11.0. The molecule has 3 aromatic carbocycles. The third kappa shape index (κ3) is 2.89. The number of hydrogen-bond donors (Lipinski definition) is 0. The first-order chi connectivity index (χ1) is 9.83. The van der Waals surface area contributed by atoms with Crippen LogP contribution in [0, 0.1) is 0 Å². The second-order valence-corrected chi connectivity index (χ2v) is 5.07. The second-order valence-electron chi connectivity index (χ2n) is 4.64. The van der Waals surface area contributed by atoms with Gasteiger partial charge in [-0.2, -0.15) is 0 Å². The van der Waals surface area contributed by atoms with Gasteiger partial charge in [-0.05, 0) is 28.5 Å². The fourth-order valence-corrected chi connectivity index (χ4v) is 2.53. The third-order valence-corrected chi connectivity index (χ3v) is 3.44. The van der Waals surface area contributed by atoms with Crippen LogP contribution in [-0.4, -0.2) is 5.17 Å². The van der Waals surface area contributed by atoms with E-state index < -0.39 is 0 Å². The minimum atomic E-state index is 0.604. The molecular formula is C18H14ClN. The molecule has 20 heavy (non-hydrogen) atoms. The van der Waals surface area contributed by atoms with Crippen LogP contribution in [0.4, 0.5) is 5.69 Å². The molecule has 0 fully saturated rings. The van der Waals surface area contributed by atoms with Crippen LogP contribution in [0.3, 0.4) is 0 Å². The highest BCUT2D eigenvalue weighted by Crippen LogP contribution is 2.21. The number of nitrogens with zero attached hydrogens (tertiary/aromatic N) is 1. The molecule has 0 aliphatic carbocycles. The molecule has 98 valence electrons. The van der Waals surface area contributed by atoms with E-state index in [0.29, 0.717) is 11.6 Å². The Kier molecular flexibility index (Phi) is 3.80. The van der Waals surface area contributed by atoms with Gasteiger partial charge in [0.1, 0.15) is 5.17 Å². The van der Waals surface area contributed by atoms with E-state index in [1.807, 2.05) is 42.5 Å². The van der Waals surface area contributed by atoms with E-state index in [4.69, 9.17) is 11.6 Å². The zero-order valence-corrected chi connectivity index (χ0v) is 11.7. The molecule has 0 radical (unpaired) electrons. The minimum Gasteiger partial charge on any atom is -0.241 e. The lowest BCUT2D eigenvalue weighted by atomic mass is 10.0. The summed E-state index contributed by atoms with van der Waals surface area (Å²) in [6.45, 7) is 0. The summed E-state index contributed by atoms with van der Waals surface area (Å²) < 4.78 is 0. The zero-order chi connectivity index (χ0) is 13.8. The average Bonchev–Trinajstić information content (AvgIpc) is 2.48. The van der Waals surface area contributed by atoms with Crippen LogP contribution >= 0.6 is 11.6 Å². The molecular weight excluding hydrogens is 266 g/mol. The Bertz CT molecular complexity index is 742. The molecule has 3 aromatic rings. The fraction of sp³-hybridized carbons (Fsp3) is 0.0556. The van der Waals surface area contributed by atoms with Crippen molar-refractivity contribution in [2.75, 3.05) is 0 Å². The van der Waals surface area contributed by atoms with Crippen LogP contribution in [0.1, 0.15) is 5.56 Å². The molecule has 3 rings (SSSR count). The Labute approximate surface area is 123 Å². The Balaban J connectivity index is 1.92. The summed E-state index contributed by atoms with van der Waals surface area (Å²) in [4.78, 5) is 4.44. The van der Waals surface area contributed by atoms with E-state index in [0.717, 1.165) is 5.69 Å². The Morgan fingerprint density at radius 3 is 2.35 bits per heavy atom. The summed E-state index contributed by atoms with van der Waals surface area (Å²) in [5.74, 6) is 0. The number of rotatable bonds is 3. The topological polar surface area (TPSA) is 12.4 Å². The highest BCUT2D eigenvalue weighted by Gasteiger charge is 2.03. The first-order valence-electron chi connectivity index (χ1n) is 6.58. The van der Waals surface area contributed by atoms with Gasteiger partial charge in [0.05, 0.1) is 5.69 Å². The summed E-state index contributed by atoms with van der Waals surface area (Å²) >= 11 is 6.30. The molecule has 0 atom stereocenters. The molecule has 0 amide bonds. The fourth-order valence-electron chi connectivity index (χ4n) is 2.29. The van der Waals surface area contributed by atoms with Gasteiger partial charge in [0.2, 0.25) is 0 Å². The maximum absolute atomic E-state index is 6.30. The third-order valence-electron chi connectivity index (χ3n) is 3.22. The number of aliphatic imine (C=N–C) groups is 1. The van der Waals surface area contributed by atoms with Crippen molar-refractivity contribution in [3.8, 4) is 0 Å². The van der Waals surface area contributed by atoms with Crippen molar-refractivity contribution in [3.63, 3.8) is 0 Å². The predicted molar refractivity (Wildman–Crippen MR) is 87.0 cm³/mol. The number of halogens is 1. The van der Waals surface area contributed by atoms with E-state index >= 15 is 0 Å². The lowest BCUT2D eigenvalue weighted by Crippen LogP contribution is -1.95. The molecule has 0 saturated carbocycles. The molecule has 0 heterocycles. The molecule has 0 bridgehead atoms.